The van der Waals surface area contributed by atoms with E-state index in [1.165, 1.54) is 5.56 Å². The van der Waals surface area contributed by atoms with E-state index in [0.717, 1.165) is 11.4 Å². The summed E-state index contributed by atoms with van der Waals surface area (Å²) in [5.41, 5.74) is 3.40. The molecule has 1 atom stereocenters. The Bertz CT molecular complexity index is 344. The third-order valence-corrected chi connectivity index (χ3v) is 2.89. The van der Waals surface area contributed by atoms with Crippen molar-refractivity contribution in [3.8, 4) is 0 Å². The van der Waals surface area contributed by atoms with Crippen LogP contribution in [0, 0.1) is 20.8 Å². The smallest absolute Gasteiger partial charge is 0.0860 e. The molecule has 1 heterocycles. The van der Waals surface area contributed by atoms with Gasteiger partial charge in [-0.15, -0.1) is 0 Å². The number of hydrogen-bond acceptors (Lipinski definition) is 3. The van der Waals surface area contributed by atoms with Crippen molar-refractivity contribution in [3.05, 3.63) is 17.0 Å². The summed E-state index contributed by atoms with van der Waals surface area (Å²) in [5.74, 6) is 0. The first-order valence-electron chi connectivity index (χ1n) is 5.84. The van der Waals surface area contributed by atoms with Crippen LogP contribution in [0.25, 0.3) is 0 Å². The van der Waals surface area contributed by atoms with Gasteiger partial charge in [0.05, 0.1) is 18.3 Å². The molecule has 0 aliphatic heterocycles. The molecule has 92 valence electrons. The van der Waals surface area contributed by atoms with Gasteiger partial charge in [-0.05, 0) is 26.3 Å². The van der Waals surface area contributed by atoms with E-state index in [1.807, 2.05) is 18.5 Å². The van der Waals surface area contributed by atoms with E-state index in [4.69, 9.17) is 0 Å². The fourth-order valence-corrected chi connectivity index (χ4v) is 1.60. The monoisotopic (exact) mass is 225 g/mol. The van der Waals surface area contributed by atoms with Crippen molar-refractivity contribution < 1.29 is 5.11 Å². The second kappa shape index (κ2) is 5.46. The summed E-state index contributed by atoms with van der Waals surface area (Å²) >= 11 is 0. The molecule has 1 aromatic heterocycles. The third-order valence-electron chi connectivity index (χ3n) is 2.89. The fraction of sp³-hybridized carbons (Fsp3) is 0.750. The van der Waals surface area contributed by atoms with Crippen LogP contribution in [0.15, 0.2) is 0 Å². The predicted octanol–water partition coefficient (Wildman–Crippen LogP) is 1.17. The van der Waals surface area contributed by atoms with Gasteiger partial charge in [-0.3, -0.25) is 4.68 Å². The molecule has 4 nitrogen and oxygen atoms in total. The van der Waals surface area contributed by atoms with E-state index in [1.54, 1.807) is 0 Å². The Morgan fingerprint density at radius 2 is 1.94 bits per heavy atom. The van der Waals surface area contributed by atoms with Crippen LogP contribution < -0.4 is 5.32 Å². The largest absolute Gasteiger partial charge is 0.390 e. The minimum absolute atomic E-state index is 0.389. The summed E-state index contributed by atoms with van der Waals surface area (Å²) < 4.78 is 1.89. The topological polar surface area (TPSA) is 50.1 Å². The minimum Gasteiger partial charge on any atom is -0.390 e. The second-order valence-corrected chi connectivity index (χ2v) is 4.69. The molecular formula is C12H23N3O. The van der Waals surface area contributed by atoms with Crippen molar-refractivity contribution in [3.63, 3.8) is 0 Å². The molecule has 0 aromatic carbocycles. The maximum atomic E-state index is 9.85. The summed E-state index contributed by atoms with van der Waals surface area (Å²) in [5, 5.41) is 17.5. The highest BCUT2D eigenvalue weighted by Gasteiger charge is 2.11. The predicted molar refractivity (Wildman–Crippen MR) is 65.6 cm³/mol. The fourth-order valence-electron chi connectivity index (χ4n) is 1.60. The molecule has 16 heavy (non-hydrogen) atoms. The van der Waals surface area contributed by atoms with Gasteiger partial charge in [-0.1, -0.05) is 13.8 Å². The zero-order chi connectivity index (χ0) is 12.3. The van der Waals surface area contributed by atoms with Crippen LogP contribution in [0.2, 0.25) is 0 Å². The van der Waals surface area contributed by atoms with Gasteiger partial charge in [0.25, 0.3) is 0 Å². The van der Waals surface area contributed by atoms with Gasteiger partial charge in [0, 0.05) is 18.3 Å². The summed E-state index contributed by atoms with van der Waals surface area (Å²) in [7, 11) is 0. The number of nitrogens with one attached hydrogen (secondary N) is 1. The summed E-state index contributed by atoms with van der Waals surface area (Å²) in [6.45, 7) is 11.4. The molecule has 0 saturated heterocycles. The number of rotatable bonds is 5. The van der Waals surface area contributed by atoms with Crippen LogP contribution in [0.5, 0.6) is 0 Å². The van der Waals surface area contributed by atoms with Gasteiger partial charge >= 0.3 is 0 Å². The Labute approximate surface area is 97.7 Å². The van der Waals surface area contributed by atoms with E-state index < -0.39 is 0 Å². The highest BCUT2D eigenvalue weighted by Crippen LogP contribution is 2.11. The van der Waals surface area contributed by atoms with Crippen molar-refractivity contribution in [1.29, 1.82) is 0 Å². The quantitative estimate of drug-likeness (QED) is 0.791. The van der Waals surface area contributed by atoms with E-state index in [0.29, 0.717) is 19.1 Å². The molecule has 0 spiro atoms. The first-order chi connectivity index (χ1) is 7.41. The molecule has 0 aliphatic rings. The van der Waals surface area contributed by atoms with Crippen LogP contribution in [-0.2, 0) is 6.54 Å². The number of aliphatic hydroxyl groups excluding tert-OH is 1. The van der Waals surface area contributed by atoms with Gasteiger partial charge in [-0.25, -0.2) is 0 Å². The average Bonchev–Trinajstić information content (AvgIpc) is 2.43. The van der Waals surface area contributed by atoms with E-state index in [9.17, 15) is 5.11 Å². The molecule has 0 fully saturated rings. The van der Waals surface area contributed by atoms with Crippen molar-refractivity contribution in [2.45, 2.75) is 53.3 Å². The van der Waals surface area contributed by atoms with Gasteiger partial charge in [-0.2, -0.15) is 5.10 Å². The average molecular weight is 225 g/mol. The lowest BCUT2D eigenvalue weighted by Crippen LogP contribution is -2.34. The zero-order valence-corrected chi connectivity index (χ0v) is 10.9. The lowest BCUT2D eigenvalue weighted by molar-refractivity contribution is 0.143. The SMILES string of the molecule is Cc1nn(CC(O)CNC(C)C)c(C)c1C. The van der Waals surface area contributed by atoms with Gasteiger partial charge in [0.1, 0.15) is 0 Å². The Hall–Kier alpha value is -0.870. The maximum absolute atomic E-state index is 9.85. The van der Waals surface area contributed by atoms with Gasteiger partial charge < -0.3 is 10.4 Å². The molecule has 0 aliphatic carbocycles. The molecule has 0 radical (unpaired) electrons. The molecule has 1 aromatic rings. The Morgan fingerprint density at radius 3 is 2.38 bits per heavy atom. The molecular weight excluding hydrogens is 202 g/mol. The number of nitrogens with zero attached hydrogens (tertiary/aromatic N) is 2. The van der Waals surface area contributed by atoms with Crippen LogP contribution in [0.3, 0.4) is 0 Å². The Balaban J connectivity index is 2.56. The van der Waals surface area contributed by atoms with Gasteiger partial charge in [0.2, 0.25) is 0 Å². The number of hydrogen-bond donors (Lipinski definition) is 2. The number of aromatic nitrogens is 2. The first kappa shape index (κ1) is 13.2. The third kappa shape index (κ3) is 3.32. The Kier molecular flexibility index (Phi) is 4.50. The van der Waals surface area contributed by atoms with Crippen LogP contribution in [0.1, 0.15) is 30.8 Å². The molecule has 2 N–H and O–H groups in total. The molecule has 0 amide bonds. The number of aryl methyl sites for hydroxylation is 1. The standard InChI is InChI=1S/C12H23N3O/c1-8(2)13-6-12(16)7-15-11(5)9(3)10(4)14-15/h8,12-13,16H,6-7H2,1-5H3. The highest BCUT2D eigenvalue weighted by atomic mass is 16.3. The zero-order valence-electron chi connectivity index (χ0n) is 10.9. The van der Waals surface area contributed by atoms with E-state index >= 15 is 0 Å². The molecule has 1 rings (SSSR count). The summed E-state index contributed by atoms with van der Waals surface area (Å²) in [6, 6.07) is 0.400. The highest BCUT2D eigenvalue weighted by molar-refractivity contribution is 5.22. The summed E-state index contributed by atoms with van der Waals surface area (Å²) in [6.07, 6.45) is -0.389. The Morgan fingerprint density at radius 1 is 1.31 bits per heavy atom. The molecule has 0 bridgehead atoms. The van der Waals surface area contributed by atoms with Crippen LogP contribution in [-0.4, -0.2) is 33.6 Å². The van der Waals surface area contributed by atoms with E-state index in [2.05, 4.69) is 31.2 Å². The normalized spacial score (nSPS) is 13.4. The van der Waals surface area contributed by atoms with Gasteiger partial charge in [0.15, 0.2) is 0 Å². The van der Waals surface area contributed by atoms with Crippen LogP contribution >= 0.6 is 0 Å². The molecule has 1 unspecified atom stereocenters. The lowest BCUT2D eigenvalue weighted by Gasteiger charge is -2.15. The van der Waals surface area contributed by atoms with Crippen molar-refractivity contribution in [2.75, 3.05) is 6.54 Å². The van der Waals surface area contributed by atoms with Crippen LogP contribution in [0.4, 0.5) is 0 Å². The summed E-state index contributed by atoms with van der Waals surface area (Å²) in [4.78, 5) is 0. The van der Waals surface area contributed by atoms with Crippen molar-refractivity contribution in [1.82, 2.24) is 15.1 Å². The molecule has 4 heteroatoms. The first-order valence-corrected chi connectivity index (χ1v) is 5.84. The minimum atomic E-state index is -0.389. The van der Waals surface area contributed by atoms with Crippen molar-refractivity contribution >= 4 is 0 Å². The second-order valence-electron chi connectivity index (χ2n) is 4.69. The maximum Gasteiger partial charge on any atom is 0.0860 e. The number of aliphatic hydroxyl groups is 1. The lowest BCUT2D eigenvalue weighted by atomic mass is 10.2. The van der Waals surface area contributed by atoms with E-state index in [-0.39, 0.29) is 6.10 Å². The molecule has 0 saturated carbocycles. The van der Waals surface area contributed by atoms with Crippen molar-refractivity contribution in [2.24, 2.45) is 0 Å².